The van der Waals surface area contributed by atoms with E-state index in [0.29, 0.717) is 24.4 Å². The maximum Gasteiger partial charge on any atom is 0.272 e. The van der Waals surface area contributed by atoms with Crippen LogP contribution in [0.15, 0.2) is 42.1 Å². The number of sulfonamides is 1. The van der Waals surface area contributed by atoms with E-state index in [1.54, 1.807) is 30.1 Å². The Morgan fingerprint density at radius 3 is 2.96 bits per heavy atom. The van der Waals surface area contributed by atoms with Crippen molar-refractivity contribution in [3.05, 3.63) is 59.6 Å². The molecular formula is C17H19N7O3S. The highest BCUT2D eigenvalue weighted by Gasteiger charge is 2.33. The molecule has 0 unspecified atom stereocenters. The number of pyridine rings is 1. The molecule has 11 heteroatoms. The molecule has 0 aromatic carbocycles. The van der Waals surface area contributed by atoms with E-state index in [9.17, 15) is 13.2 Å². The zero-order valence-corrected chi connectivity index (χ0v) is 16.0. The predicted molar refractivity (Wildman–Crippen MR) is 98.5 cm³/mol. The third-order valence-corrected chi connectivity index (χ3v) is 6.31. The summed E-state index contributed by atoms with van der Waals surface area (Å²) in [6.07, 6.45) is 6.66. The van der Waals surface area contributed by atoms with Gasteiger partial charge in [0.1, 0.15) is 0 Å². The largest absolute Gasteiger partial charge is 0.346 e. The van der Waals surface area contributed by atoms with E-state index in [4.69, 9.17) is 0 Å². The Hall–Kier alpha value is -3.05. The molecule has 28 heavy (non-hydrogen) atoms. The fraction of sp³-hybridized carbons (Fsp3) is 0.294. The van der Waals surface area contributed by atoms with Crippen molar-refractivity contribution in [2.24, 2.45) is 7.05 Å². The molecule has 0 atom stereocenters. The van der Waals surface area contributed by atoms with E-state index in [-0.39, 0.29) is 24.0 Å². The van der Waals surface area contributed by atoms with Crippen LogP contribution in [0.4, 0.5) is 0 Å². The molecule has 4 heterocycles. The lowest BCUT2D eigenvalue weighted by Crippen LogP contribution is -2.36. The zero-order valence-electron chi connectivity index (χ0n) is 15.2. The van der Waals surface area contributed by atoms with Crippen LogP contribution >= 0.6 is 0 Å². The summed E-state index contributed by atoms with van der Waals surface area (Å²) in [6.45, 7) is 0.722. The van der Waals surface area contributed by atoms with E-state index in [2.05, 4.69) is 25.5 Å². The molecular weight excluding hydrogens is 382 g/mol. The van der Waals surface area contributed by atoms with Crippen LogP contribution in [0.25, 0.3) is 0 Å². The quantitative estimate of drug-likeness (QED) is 0.630. The number of nitrogens with zero attached hydrogens (tertiary/aromatic N) is 5. The first-order valence-electron chi connectivity index (χ1n) is 8.66. The van der Waals surface area contributed by atoms with Gasteiger partial charge in [0.2, 0.25) is 0 Å². The molecule has 2 N–H and O–H groups in total. The van der Waals surface area contributed by atoms with Crippen LogP contribution in [0, 0.1) is 0 Å². The number of rotatable bonds is 5. The van der Waals surface area contributed by atoms with Crippen molar-refractivity contribution in [1.82, 2.24) is 34.4 Å². The number of aromatic amines is 1. The van der Waals surface area contributed by atoms with Crippen molar-refractivity contribution in [1.29, 1.82) is 0 Å². The number of H-pyrrole nitrogens is 1. The smallest absolute Gasteiger partial charge is 0.272 e. The molecule has 0 saturated carbocycles. The van der Waals surface area contributed by atoms with Gasteiger partial charge in [0.15, 0.2) is 10.7 Å². The van der Waals surface area contributed by atoms with Crippen LogP contribution in [0.5, 0.6) is 0 Å². The van der Waals surface area contributed by atoms with Gasteiger partial charge in [-0.3, -0.25) is 14.9 Å². The first kappa shape index (κ1) is 18.3. The fourth-order valence-electron chi connectivity index (χ4n) is 3.11. The van der Waals surface area contributed by atoms with Crippen LogP contribution in [-0.4, -0.2) is 49.9 Å². The lowest BCUT2D eigenvalue weighted by Gasteiger charge is -2.25. The molecule has 0 bridgehead atoms. The van der Waals surface area contributed by atoms with Gasteiger partial charge in [-0.05, 0) is 18.1 Å². The second-order valence-electron chi connectivity index (χ2n) is 6.54. The second-order valence-corrected chi connectivity index (χ2v) is 8.42. The number of nitrogens with one attached hydrogen (secondary N) is 2. The molecule has 1 amide bonds. The number of carbonyl (C=O) groups is 1. The van der Waals surface area contributed by atoms with Crippen LogP contribution in [-0.2, 0) is 36.6 Å². The van der Waals surface area contributed by atoms with Crippen LogP contribution < -0.4 is 5.32 Å². The average Bonchev–Trinajstić information content (AvgIpc) is 3.33. The van der Waals surface area contributed by atoms with Crippen molar-refractivity contribution >= 4 is 15.9 Å². The van der Waals surface area contributed by atoms with Crippen LogP contribution in [0.3, 0.4) is 0 Å². The number of aryl methyl sites for hydroxylation is 1. The van der Waals surface area contributed by atoms with Crippen molar-refractivity contribution in [3.8, 4) is 0 Å². The van der Waals surface area contributed by atoms with Gasteiger partial charge in [0.25, 0.3) is 15.9 Å². The molecule has 0 fully saturated rings. The highest BCUT2D eigenvalue weighted by Crippen LogP contribution is 2.25. The van der Waals surface area contributed by atoms with Gasteiger partial charge in [-0.25, -0.2) is 13.4 Å². The molecule has 0 saturated heterocycles. The summed E-state index contributed by atoms with van der Waals surface area (Å²) in [5.74, 6) is -0.303. The fourth-order valence-corrected chi connectivity index (χ4v) is 4.48. The summed E-state index contributed by atoms with van der Waals surface area (Å²) in [7, 11) is -1.98. The molecule has 146 valence electrons. The Morgan fingerprint density at radius 1 is 1.39 bits per heavy atom. The van der Waals surface area contributed by atoms with Crippen molar-refractivity contribution in [2.45, 2.75) is 24.5 Å². The maximum absolute atomic E-state index is 12.7. The standard InChI is InChI=1S/C17H19N7O3S/c1-23-10-15(20-11-23)28(26,27)24-6-4-13-14(9-24)21-22-16(13)17(25)19-8-12-3-2-5-18-7-12/h2-3,5,7,10-11H,4,6,8-9H2,1H3,(H,19,25)(H,21,22). The number of hydrogen-bond donors (Lipinski definition) is 2. The van der Waals surface area contributed by atoms with E-state index in [1.165, 1.54) is 16.8 Å². The third-order valence-electron chi connectivity index (χ3n) is 4.57. The van der Waals surface area contributed by atoms with Gasteiger partial charge < -0.3 is 9.88 Å². The summed E-state index contributed by atoms with van der Waals surface area (Å²) >= 11 is 0. The number of fused-ring (bicyclic) bond motifs is 1. The number of amides is 1. The summed E-state index contributed by atoms with van der Waals surface area (Å²) in [6, 6.07) is 3.67. The monoisotopic (exact) mass is 401 g/mol. The van der Waals surface area contributed by atoms with Crippen molar-refractivity contribution in [2.75, 3.05) is 6.54 Å². The van der Waals surface area contributed by atoms with E-state index >= 15 is 0 Å². The Morgan fingerprint density at radius 2 is 2.25 bits per heavy atom. The van der Waals surface area contributed by atoms with Gasteiger partial charge in [-0.15, -0.1) is 0 Å². The van der Waals surface area contributed by atoms with Gasteiger partial charge in [-0.1, -0.05) is 6.07 Å². The number of aromatic nitrogens is 5. The first-order chi connectivity index (χ1) is 13.4. The molecule has 10 nitrogen and oxygen atoms in total. The molecule has 1 aliphatic rings. The van der Waals surface area contributed by atoms with Crippen LogP contribution in [0.1, 0.15) is 27.3 Å². The number of imidazole rings is 1. The predicted octanol–water partition coefficient (Wildman–Crippen LogP) is 0.215. The van der Waals surface area contributed by atoms with E-state index in [0.717, 1.165) is 11.1 Å². The number of hydrogen-bond acceptors (Lipinski definition) is 6. The topological polar surface area (TPSA) is 126 Å². The minimum absolute atomic E-state index is 0.00685. The summed E-state index contributed by atoms with van der Waals surface area (Å²) in [5, 5.41) is 9.74. The van der Waals surface area contributed by atoms with Crippen molar-refractivity contribution in [3.63, 3.8) is 0 Å². The van der Waals surface area contributed by atoms with E-state index < -0.39 is 10.0 Å². The minimum atomic E-state index is -3.70. The summed E-state index contributed by atoms with van der Waals surface area (Å²) in [4.78, 5) is 20.4. The Labute approximate surface area is 161 Å². The summed E-state index contributed by atoms with van der Waals surface area (Å²) < 4.78 is 28.4. The van der Waals surface area contributed by atoms with Gasteiger partial charge in [0, 0.05) is 44.3 Å². The first-order valence-corrected chi connectivity index (χ1v) is 10.1. The molecule has 1 aliphatic heterocycles. The van der Waals surface area contributed by atoms with E-state index in [1.807, 2.05) is 6.07 Å². The SMILES string of the molecule is Cn1cnc(S(=O)(=O)N2CCc3c(C(=O)NCc4cccnc4)n[nH]c3C2)c1. The molecule has 0 radical (unpaired) electrons. The molecule has 0 spiro atoms. The lowest BCUT2D eigenvalue weighted by molar-refractivity contribution is 0.0944. The molecule has 0 aliphatic carbocycles. The molecule has 3 aromatic rings. The van der Waals surface area contributed by atoms with Gasteiger partial charge in [-0.2, -0.15) is 9.40 Å². The summed E-state index contributed by atoms with van der Waals surface area (Å²) in [5.41, 5.74) is 2.55. The highest BCUT2D eigenvalue weighted by molar-refractivity contribution is 7.89. The highest BCUT2D eigenvalue weighted by atomic mass is 32.2. The average molecular weight is 401 g/mol. The molecule has 3 aromatic heterocycles. The molecule has 4 rings (SSSR count). The maximum atomic E-state index is 12.7. The lowest BCUT2D eigenvalue weighted by atomic mass is 10.1. The minimum Gasteiger partial charge on any atom is -0.346 e. The normalized spacial score (nSPS) is 14.6. The Balaban J connectivity index is 1.48. The Kier molecular flexibility index (Phi) is 4.69. The third kappa shape index (κ3) is 3.41. The van der Waals surface area contributed by atoms with Crippen LogP contribution in [0.2, 0.25) is 0 Å². The van der Waals surface area contributed by atoms with Crippen molar-refractivity contribution < 1.29 is 13.2 Å². The van der Waals surface area contributed by atoms with Gasteiger partial charge in [0.05, 0.1) is 18.6 Å². The number of carbonyl (C=O) groups excluding carboxylic acids is 1. The van der Waals surface area contributed by atoms with Gasteiger partial charge >= 0.3 is 0 Å². The Bertz CT molecular complexity index is 1100. The second kappa shape index (κ2) is 7.17. The zero-order chi connectivity index (χ0) is 19.7.